The van der Waals surface area contributed by atoms with Crippen LogP contribution in [0.25, 0.3) is 0 Å². The fourth-order valence-corrected chi connectivity index (χ4v) is 3.35. The molecule has 4 heteroatoms. The van der Waals surface area contributed by atoms with E-state index in [4.69, 9.17) is 4.74 Å². The number of fused-ring (bicyclic) bond motifs is 1. The van der Waals surface area contributed by atoms with E-state index in [9.17, 15) is 0 Å². The Morgan fingerprint density at radius 2 is 2.05 bits per heavy atom. The van der Waals surface area contributed by atoms with E-state index in [1.54, 1.807) is 7.11 Å². The van der Waals surface area contributed by atoms with Crippen molar-refractivity contribution in [3.8, 4) is 5.75 Å². The molecule has 1 aromatic carbocycles. The van der Waals surface area contributed by atoms with Crippen molar-refractivity contribution in [2.24, 2.45) is 0 Å². The summed E-state index contributed by atoms with van der Waals surface area (Å²) < 4.78 is 5.53. The van der Waals surface area contributed by atoms with Crippen molar-refractivity contribution in [3.05, 3.63) is 29.8 Å². The quantitative estimate of drug-likeness (QED) is 0.858. The van der Waals surface area contributed by atoms with Gasteiger partial charge >= 0.3 is 0 Å². The number of methoxy groups -OCH3 is 1. The number of hydrogen-bond acceptors (Lipinski definition) is 4. The summed E-state index contributed by atoms with van der Waals surface area (Å²) in [7, 11) is 3.97. The lowest BCUT2D eigenvalue weighted by Gasteiger charge is -2.48. The molecule has 0 aliphatic carbocycles. The Labute approximate surface area is 115 Å². The van der Waals surface area contributed by atoms with Gasteiger partial charge in [0.1, 0.15) is 5.75 Å². The number of benzene rings is 1. The lowest BCUT2D eigenvalue weighted by molar-refractivity contribution is 0.0281. The van der Waals surface area contributed by atoms with Crippen molar-refractivity contribution in [1.82, 2.24) is 15.1 Å². The molecule has 1 aromatic rings. The monoisotopic (exact) mass is 261 g/mol. The molecule has 4 nitrogen and oxygen atoms in total. The number of para-hydroxylation sites is 1. The summed E-state index contributed by atoms with van der Waals surface area (Å²) >= 11 is 0. The fourth-order valence-electron chi connectivity index (χ4n) is 3.35. The first-order valence-electron chi connectivity index (χ1n) is 7.07. The van der Waals surface area contributed by atoms with E-state index in [1.165, 1.54) is 5.56 Å². The predicted octanol–water partition coefficient (Wildman–Crippen LogP) is 0.955. The Hall–Kier alpha value is -1.10. The normalized spacial score (nSPS) is 28.9. The third-order valence-electron chi connectivity index (χ3n) is 4.35. The van der Waals surface area contributed by atoms with Crippen LogP contribution in [0.3, 0.4) is 0 Å². The number of hydrogen-bond donors (Lipinski definition) is 1. The summed E-state index contributed by atoms with van der Waals surface area (Å²) in [5.41, 5.74) is 1.31. The molecule has 104 valence electrons. The molecule has 0 radical (unpaired) electrons. The van der Waals surface area contributed by atoms with Crippen LogP contribution in [-0.4, -0.2) is 62.7 Å². The van der Waals surface area contributed by atoms with Crippen molar-refractivity contribution in [2.45, 2.75) is 12.1 Å². The van der Waals surface area contributed by atoms with E-state index >= 15 is 0 Å². The van der Waals surface area contributed by atoms with Crippen LogP contribution < -0.4 is 10.1 Å². The van der Waals surface area contributed by atoms with Gasteiger partial charge in [-0.15, -0.1) is 0 Å². The first kappa shape index (κ1) is 12.9. The zero-order chi connectivity index (χ0) is 13.2. The third-order valence-corrected chi connectivity index (χ3v) is 4.35. The molecule has 2 aliphatic heterocycles. The van der Waals surface area contributed by atoms with E-state index in [-0.39, 0.29) is 0 Å². The van der Waals surface area contributed by atoms with Gasteiger partial charge in [-0.05, 0) is 13.1 Å². The maximum atomic E-state index is 5.53. The van der Waals surface area contributed by atoms with Crippen molar-refractivity contribution in [3.63, 3.8) is 0 Å². The molecule has 2 fully saturated rings. The molecule has 0 spiro atoms. The van der Waals surface area contributed by atoms with Crippen LogP contribution in [0.2, 0.25) is 0 Å². The second-order valence-corrected chi connectivity index (χ2v) is 5.57. The third kappa shape index (κ3) is 2.48. The van der Waals surface area contributed by atoms with Gasteiger partial charge < -0.3 is 15.0 Å². The van der Waals surface area contributed by atoms with Gasteiger partial charge in [0.25, 0.3) is 0 Å². The summed E-state index contributed by atoms with van der Waals surface area (Å²) in [6.07, 6.45) is 0. The van der Waals surface area contributed by atoms with Crippen LogP contribution in [0.1, 0.15) is 11.6 Å². The van der Waals surface area contributed by atoms with E-state index < -0.39 is 0 Å². The highest BCUT2D eigenvalue weighted by Crippen LogP contribution is 2.32. The maximum absolute atomic E-state index is 5.53. The zero-order valence-corrected chi connectivity index (χ0v) is 11.8. The topological polar surface area (TPSA) is 27.7 Å². The SMILES string of the molecule is COc1ccccc1C1CNCC2CN(C)CCN21. The minimum atomic E-state index is 0.434. The molecule has 0 amide bonds. The van der Waals surface area contributed by atoms with Gasteiger partial charge in [0.2, 0.25) is 0 Å². The Morgan fingerprint density at radius 3 is 2.89 bits per heavy atom. The van der Waals surface area contributed by atoms with Crippen molar-refractivity contribution >= 4 is 0 Å². The van der Waals surface area contributed by atoms with Crippen molar-refractivity contribution in [1.29, 1.82) is 0 Å². The maximum Gasteiger partial charge on any atom is 0.123 e. The molecule has 1 N–H and O–H groups in total. The highest BCUT2D eigenvalue weighted by atomic mass is 16.5. The van der Waals surface area contributed by atoms with Gasteiger partial charge in [-0.3, -0.25) is 4.90 Å². The molecular formula is C15H23N3O. The molecule has 3 rings (SSSR count). The van der Waals surface area contributed by atoms with Gasteiger partial charge in [0, 0.05) is 44.3 Å². The molecule has 0 bridgehead atoms. The zero-order valence-electron chi connectivity index (χ0n) is 11.8. The Morgan fingerprint density at radius 1 is 1.21 bits per heavy atom. The molecular weight excluding hydrogens is 238 g/mol. The molecule has 0 aromatic heterocycles. The number of nitrogens with zero attached hydrogens (tertiary/aromatic N) is 2. The van der Waals surface area contributed by atoms with E-state index in [1.807, 2.05) is 6.07 Å². The van der Waals surface area contributed by atoms with Gasteiger partial charge in [-0.2, -0.15) is 0 Å². The Kier molecular flexibility index (Phi) is 3.73. The average Bonchev–Trinajstić information content (AvgIpc) is 2.46. The minimum absolute atomic E-state index is 0.434. The highest BCUT2D eigenvalue weighted by Gasteiger charge is 2.35. The fraction of sp³-hybridized carbons (Fsp3) is 0.600. The van der Waals surface area contributed by atoms with Gasteiger partial charge in [0.05, 0.1) is 13.2 Å². The molecule has 2 atom stereocenters. The summed E-state index contributed by atoms with van der Waals surface area (Å²) in [6.45, 7) is 5.56. The van der Waals surface area contributed by atoms with Crippen LogP contribution in [0.5, 0.6) is 5.75 Å². The highest BCUT2D eigenvalue weighted by molar-refractivity contribution is 5.36. The molecule has 2 unspecified atom stereocenters. The van der Waals surface area contributed by atoms with Crippen LogP contribution in [0, 0.1) is 0 Å². The number of ether oxygens (including phenoxy) is 1. The largest absolute Gasteiger partial charge is 0.496 e. The second-order valence-electron chi connectivity index (χ2n) is 5.57. The summed E-state index contributed by atoms with van der Waals surface area (Å²) in [6, 6.07) is 9.46. The molecule has 2 heterocycles. The summed E-state index contributed by atoms with van der Waals surface area (Å²) in [5, 5.41) is 3.58. The lowest BCUT2D eigenvalue weighted by atomic mass is 9.97. The molecule has 19 heavy (non-hydrogen) atoms. The number of nitrogens with one attached hydrogen (secondary N) is 1. The minimum Gasteiger partial charge on any atom is -0.496 e. The number of piperazine rings is 2. The lowest BCUT2D eigenvalue weighted by Crippen LogP contribution is -2.61. The average molecular weight is 261 g/mol. The standard InChI is InChI=1S/C15H23N3O/c1-17-7-8-18-12(11-17)9-16-10-14(18)13-5-3-4-6-15(13)19-2/h3-6,12,14,16H,7-11H2,1-2H3. The van der Waals surface area contributed by atoms with Crippen LogP contribution in [0.15, 0.2) is 24.3 Å². The molecule has 0 saturated carbocycles. The first-order valence-corrected chi connectivity index (χ1v) is 7.07. The van der Waals surface area contributed by atoms with Crippen LogP contribution >= 0.6 is 0 Å². The first-order chi connectivity index (χ1) is 9.29. The smallest absolute Gasteiger partial charge is 0.123 e. The summed E-state index contributed by atoms with van der Waals surface area (Å²) in [5.74, 6) is 1.01. The molecule has 2 saturated heterocycles. The summed E-state index contributed by atoms with van der Waals surface area (Å²) in [4.78, 5) is 5.07. The number of rotatable bonds is 2. The second kappa shape index (κ2) is 5.49. The van der Waals surface area contributed by atoms with E-state index in [0.29, 0.717) is 12.1 Å². The Balaban J connectivity index is 1.87. The van der Waals surface area contributed by atoms with Crippen molar-refractivity contribution < 1.29 is 4.74 Å². The van der Waals surface area contributed by atoms with E-state index in [0.717, 1.165) is 38.5 Å². The van der Waals surface area contributed by atoms with Gasteiger partial charge in [-0.1, -0.05) is 18.2 Å². The van der Waals surface area contributed by atoms with Crippen molar-refractivity contribution in [2.75, 3.05) is 46.9 Å². The van der Waals surface area contributed by atoms with E-state index in [2.05, 4.69) is 40.4 Å². The predicted molar refractivity (Wildman–Crippen MR) is 76.6 cm³/mol. The Bertz CT molecular complexity index is 437. The van der Waals surface area contributed by atoms with Crippen LogP contribution in [-0.2, 0) is 0 Å². The van der Waals surface area contributed by atoms with Gasteiger partial charge in [-0.25, -0.2) is 0 Å². The van der Waals surface area contributed by atoms with Crippen LogP contribution in [0.4, 0.5) is 0 Å². The number of likely N-dealkylation sites (N-methyl/N-ethyl adjacent to an activating group) is 1. The molecule has 2 aliphatic rings. The van der Waals surface area contributed by atoms with Gasteiger partial charge in [0.15, 0.2) is 0 Å².